The fraction of sp³-hybridized carbons (Fsp3) is 0.345. The van der Waals surface area contributed by atoms with Gasteiger partial charge in [0.25, 0.3) is 5.91 Å². The van der Waals surface area contributed by atoms with Gasteiger partial charge in [0.05, 0.1) is 4.75 Å². The molecule has 7 amide bonds. The van der Waals surface area contributed by atoms with Crippen molar-refractivity contribution in [3.63, 3.8) is 0 Å². The van der Waals surface area contributed by atoms with Crippen LogP contribution in [-0.2, 0) is 35.3 Å². The van der Waals surface area contributed by atoms with E-state index in [4.69, 9.17) is 5.73 Å². The van der Waals surface area contributed by atoms with Gasteiger partial charge < -0.3 is 41.9 Å². The molecular weight excluding hydrogens is 638 g/mol. The number of thioether (sulfide) groups is 1. The summed E-state index contributed by atoms with van der Waals surface area (Å²) in [6.07, 6.45) is 0.323. The van der Waals surface area contributed by atoms with Crippen molar-refractivity contribution in [1.82, 2.24) is 30.7 Å². The second-order valence-corrected chi connectivity index (χ2v) is 13.3. The molecule has 0 radical (unpaired) electrons. The maximum Gasteiger partial charge on any atom is 0.352 e. The normalized spacial score (nSPS) is 23.8. The van der Waals surface area contributed by atoms with Crippen LogP contribution >= 0.6 is 11.8 Å². The average molecular weight is 670 g/mol. The molecule has 5 rings (SSSR count). The zero-order chi connectivity index (χ0) is 34.4. The van der Waals surface area contributed by atoms with Crippen LogP contribution < -0.4 is 21.7 Å². The number of aliphatic carboxylic acids is 1. The number of anilines is 1. The van der Waals surface area contributed by atoms with Crippen molar-refractivity contribution in [2.45, 2.75) is 48.3 Å². The van der Waals surface area contributed by atoms with E-state index in [2.05, 4.69) is 16.0 Å². The first-order valence-electron chi connectivity index (χ1n) is 14.2. The Hall–Kier alpha value is -5.52. The number of amides is 7. The van der Waals surface area contributed by atoms with Crippen LogP contribution in [0.4, 0.5) is 10.5 Å². The number of imide groups is 1. The van der Waals surface area contributed by atoms with Gasteiger partial charge in [-0.2, -0.15) is 0 Å². The molecule has 3 saturated heterocycles. The third-order valence-electron chi connectivity index (χ3n) is 8.32. The number of benzene rings is 2. The Morgan fingerprint density at radius 2 is 1.72 bits per heavy atom. The highest BCUT2D eigenvalue weighted by Crippen LogP contribution is 2.55. The van der Waals surface area contributed by atoms with Gasteiger partial charge in [-0.25, -0.2) is 9.59 Å². The first-order valence-corrected chi connectivity index (χ1v) is 15.0. The van der Waals surface area contributed by atoms with Gasteiger partial charge in [0.1, 0.15) is 17.5 Å². The van der Waals surface area contributed by atoms with Gasteiger partial charge in [0, 0.05) is 25.3 Å². The number of hydrogen-bond donors (Lipinski definition) is 7. The van der Waals surface area contributed by atoms with Crippen LogP contribution in [0.2, 0.25) is 0 Å². The van der Waals surface area contributed by atoms with Gasteiger partial charge >= 0.3 is 23.8 Å². The third kappa shape index (κ3) is 5.49. The Labute approximate surface area is 271 Å². The summed E-state index contributed by atoms with van der Waals surface area (Å²) in [6.45, 7) is 2.55. The molecule has 1 unspecified atom stereocenters. The number of β-lactam (4-membered cyclic amide) rings is 1. The topological polar surface area (TPSA) is 252 Å². The van der Waals surface area contributed by atoms with Crippen molar-refractivity contribution in [3.05, 3.63) is 53.6 Å². The molecule has 8 N–H and O–H groups in total. The van der Waals surface area contributed by atoms with Gasteiger partial charge in [-0.15, -0.1) is 11.8 Å². The number of piperazine rings is 1. The summed E-state index contributed by atoms with van der Waals surface area (Å²) in [6, 6.07) is 5.82. The summed E-state index contributed by atoms with van der Waals surface area (Å²) in [5.74, 6) is -6.37. The summed E-state index contributed by atoms with van der Waals surface area (Å²) in [5, 5.41) is 36.2. The number of phenolic OH excluding ortho intramolecular Hbond substituents is 2. The van der Waals surface area contributed by atoms with E-state index in [1.807, 2.05) is 0 Å². The molecule has 0 aliphatic carbocycles. The number of phenols is 2. The molecule has 2 aromatic carbocycles. The SMILES string of the molecule is CC1(C)S[C@@H]2[C@H](NC=O)C(=O)N2[C@@]1(NC(=O)C(NC(=O)N1CCN(Cc2ccc(O)c(O)c2)C(=O)C1=O)c1ccc(N)cc1)C(=O)O. The molecule has 0 saturated carbocycles. The molecular formula is C29H31N7O10S. The van der Waals surface area contributed by atoms with E-state index in [1.165, 1.54) is 56.3 Å². The van der Waals surface area contributed by atoms with E-state index >= 15 is 0 Å². The number of carbonyl (C=O) groups is 7. The number of hydrogen-bond acceptors (Lipinski definition) is 11. The fourth-order valence-corrected chi connectivity index (χ4v) is 7.53. The van der Waals surface area contributed by atoms with E-state index in [1.54, 1.807) is 0 Å². The number of carbonyl (C=O) groups excluding carboxylic acids is 6. The first-order chi connectivity index (χ1) is 22.1. The summed E-state index contributed by atoms with van der Waals surface area (Å²) in [4.78, 5) is 93.1. The van der Waals surface area contributed by atoms with Crippen molar-refractivity contribution >= 4 is 59.5 Å². The molecule has 17 nitrogen and oxygen atoms in total. The minimum absolute atomic E-state index is 0.0969. The molecule has 3 aliphatic heterocycles. The number of rotatable bonds is 9. The Morgan fingerprint density at radius 3 is 2.34 bits per heavy atom. The standard InChI is InChI=1S/C29H31N7O10S/c1-28(2)29(26(44)45,36-22(41)20(31-13-37)25(36)47-28)33-21(40)19(15-4-6-16(30)7-5-15)32-27(46)35-10-9-34(23(42)24(35)43)12-14-3-8-17(38)18(39)11-14/h3-8,11,13,19-20,25,38-39H,9-10,12,30H2,1-2H3,(H,31,37)(H,32,46)(H,33,40)(H,44,45)/t19?,20-,25-,29+/m1/s1. The summed E-state index contributed by atoms with van der Waals surface area (Å²) in [5.41, 5.74) is 4.36. The number of nitrogens with zero attached hydrogens (tertiary/aromatic N) is 3. The van der Waals surface area contributed by atoms with Crippen LogP contribution in [0.25, 0.3) is 0 Å². The number of aromatic hydroxyl groups is 2. The predicted molar refractivity (Wildman–Crippen MR) is 163 cm³/mol. The molecule has 248 valence electrons. The number of nitrogen functional groups attached to an aromatic ring is 1. The average Bonchev–Trinajstić information content (AvgIpc) is 3.23. The minimum Gasteiger partial charge on any atom is -0.504 e. The molecule has 3 aliphatic rings. The molecule has 47 heavy (non-hydrogen) atoms. The number of carboxylic acids is 1. The lowest BCUT2D eigenvalue weighted by atomic mass is 9.88. The molecule has 2 aromatic rings. The summed E-state index contributed by atoms with van der Waals surface area (Å²) >= 11 is 1.06. The molecule has 4 atom stereocenters. The third-order valence-corrected chi connectivity index (χ3v) is 9.93. The van der Waals surface area contributed by atoms with E-state index < -0.39 is 69.2 Å². The zero-order valence-electron chi connectivity index (χ0n) is 25.0. The van der Waals surface area contributed by atoms with Gasteiger partial charge in [-0.3, -0.25) is 33.8 Å². The van der Waals surface area contributed by atoms with Gasteiger partial charge in [-0.1, -0.05) is 18.2 Å². The van der Waals surface area contributed by atoms with Gasteiger partial charge in [0.2, 0.25) is 18.0 Å². The maximum absolute atomic E-state index is 14.0. The van der Waals surface area contributed by atoms with Gasteiger partial charge in [-0.05, 0) is 49.2 Å². The van der Waals surface area contributed by atoms with Crippen molar-refractivity contribution in [2.24, 2.45) is 0 Å². The smallest absolute Gasteiger partial charge is 0.352 e. The molecule has 18 heteroatoms. The lowest BCUT2D eigenvalue weighted by molar-refractivity contribution is -0.176. The Kier molecular flexibility index (Phi) is 8.40. The lowest BCUT2D eigenvalue weighted by Crippen LogP contribution is -2.80. The number of nitrogens with two attached hydrogens (primary N) is 1. The van der Waals surface area contributed by atoms with Crippen LogP contribution in [0.5, 0.6) is 11.5 Å². The van der Waals surface area contributed by atoms with Crippen LogP contribution in [0.1, 0.15) is 31.0 Å². The first kappa shape index (κ1) is 32.9. The van der Waals surface area contributed by atoms with E-state index in [0.717, 1.165) is 21.6 Å². The Morgan fingerprint density at radius 1 is 1.04 bits per heavy atom. The number of carboxylic acid groups (broad SMARTS) is 1. The molecule has 0 aromatic heterocycles. The fourth-order valence-electron chi connectivity index (χ4n) is 5.82. The second kappa shape index (κ2) is 12.0. The highest BCUT2D eigenvalue weighted by molar-refractivity contribution is 8.01. The largest absolute Gasteiger partial charge is 0.504 e. The monoisotopic (exact) mass is 669 g/mol. The number of fused-ring (bicyclic) bond motifs is 1. The number of urea groups is 1. The molecule has 3 heterocycles. The van der Waals surface area contributed by atoms with Crippen molar-refractivity contribution < 1.29 is 48.9 Å². The van der Waals surface area contributed by atoms with E-state index in [9.17, 15) is 48.9 Å². The quantitative estimate of drug-likeness (QED) is 0.0559. The van der Waals surface area contributed by atoms with Crippen LogP contribution in [0.15, 0.2) is 42.5 Å². The lowest BCUT2D eigenvalue weighted by Gasteiger charge is -2.49. The predicted octanol–water partition coefficient (Wildman–Crippen LogP) is -0.993. The Balaban J connectivity index is 1.38. The summed E-state index contributed by atoms with van der Waals surface area (Å²) in [7, 11) is 0. The van der Waals surface area contributed by atoms with Crippen LogP contribution in [0.3, 0.4) is 0 Å². The van der Waals surface area contributed by atoms with Crippen LogP contribution in [-0.4, -0.2) is 107 Å². The van der Waals surface area contributed by atoms with Crippen LogP contribution in [0, 0.1) is 0 Å². The minimum atomic E-state index is -2.31. The highest BCUT2D eigenvalue weighted by Gasteiger charge is 2.74. The maximum atomic E-state index is 14.0. The molecule has 0 spiro atoms. The van der Waals surface area contributed by atoms with Crippen molar-refractivity contribution in [3.8, 4) is 11.5 Å². The van der Waals surface area contributed by atoms with E-state index in [-0.39, 0.29) is 30.9 Å². The molecule has 3 fully saturated rings. The highest BCUT2D eigenvalue weighted by atomic mass is 32.2. The molecule has 0 bridgehead atoms. The Bertz CT molecular complexity index is 1690. The van der Waals surface area contributed by atoms with E-state index in [0.29, 0.717) is 22.6 Å². The van der Waals surface area contributed by atoms with Gasteiger partial charge in [0.15, 0.2) is 11.5 Å². The zero-order valence-corrected chi connectivity index (χ0v) is 25.8. The van der Waals surface area contributed by atoms with Crippen molar-refractivity contribution in [1.29, 1.82) is 0 Å². The number of nitrogens with one attached hydrogen (secondary N) is 3. The summed E-state index contributed by atoms with van der Waals surface area (Å²) < 4.78 is -1.34. The van der Waals surface area contributed by atoms with Crippen molar-refractivity contribution in [2.75, 3.05) is 18.8 Å². The second-order valence-electron chi connectivity index (χ2n) is 11.5.